The Kier molecular flexibility index (Phi) is 8.38. The molecule has 1 fully saturated rings. The minimum Gasteiger partial charge on any atom is -0.353 e. The monoisotopic (exact) mass is 408 g/mol. The number of carbonyl (C=O) groups excluding carboxylic acids is 2. The molecule has 2 N–H and O–H groups in total. The maximum absolute atomic E-state index is 12.2. The van der Waals surface area contributed by atoms with Gasteiger partial charge in [-0.2, -0.15) is 5.10 Å². The fraction of sp³-hybridized carbons (Fsp3) is 0.526. The second kappa shape index (κ2) is 10.8. The van der Waals surface area contributed by atoms with Crippen LogP contribution < -0.4 is 10.7 Å². The SMILES string of the molecule is C/C(CC(=O)NC1CCCCCCC1)=N/NC(=O)c1ccc([N+](=O)[O-])cc1Cl. The molecule has 0 radical (unpaired) electrons. The van der Waals surface area contributed by atoms with Crippen LogP contribution in [0, 0.1) is 10.1 Å². The topological polar surface area (TPSA) is 114 Å². The summed E-state index contributed by atoms with van der Waals surface area (Å²) in [5, 5.41) is 17.7. The number of benzene rings is 1. The summed E-state index contributed by atoms with van der Waals surface area (Å²) in [4.78, 5) is 34.5. The molecule has 0 bridgehead atoms. The summed E-state index contributed by atoms with van der Waals surface area (Å²) in [7, 11) is 0. The van der Waals surface area contributed by atoms with Crippen LogP contribution in [0.3, 0.4) is 0 Å². The van der Waals surface area contributed by atoms with Gasteiger partial charge < -0.3 is 5.32 Å². The molecular formula is C19H25ClN4O4. The first kappa shape index (κ1) is 21.8. The molecule has 152 valence electrons. The van der Waals surface area contributed by atoms with Crippen molar-refractivity contribution in [1.29, 1.82) is 0 Å². The van der Waals surface area contributed by atoms with E-state index in [1.54, 1.807) is 6.92 Å². The highest BCUT2D eigenvalue weighted by Gasteiger charge is 2.16. The highest BCUT2D eigenvalue weighted by atomic mass is 35.5. The van der Waals surface area contributed by atoms with Crippen molar-refractivity contribution in [3.05, 3.63) is 38.9 Å². The largest absolute Gasteiger partial charge is 0.353 e. The summed E-state index contributed by atoms with van der Waals surface area (Å²) < 4.78 is 0. The standard InChI is InChI=1S/C19H25ClN4O4/c1-13(11-18(25)21-14-7-5-3-2-4-6-8-14)22-23-19(26)16-10-9-15(24(27)28)12-17(16)20/h9-10,12,14H,2-8,11H2,1H3,(H,21,25)(H,23,26)/b22-13-. The van der Waals surface area contributed by atoms with Gasteiger partial charge in [-0.1, -0.05) is 43.7 Å². The number of halogens is 1. The molecule has 1 aliphatic carbocycles. The van der Waals surface area contributed by atoms with Crippen LogP contribution in [0.2, 0.25) is 5.02 Å². The third-order valence-electron chi connectivity index (χ3n) is 4.64. The third kappa shape index (κ3) is 6.92. The summed E-state index contributed by atoms with van der Waals surface area (Å²) in [6.45, 7) is 1.65. The van der Waals surface area contributed by atoms with Crippen LogP contribution in [0.5, 0.6) is 0 Å². The van der Waals surface area contributed by atoms with Gasteiger partial charge in [0.15, 0.2) is 0 Å². The number of nitro groups is 1. The van der Waals surface area contributed by atoms with Gasteiger partial charge in [-0.15, -0.1) is 0 Å². The number of nitrogens with one attached hydrogen (secondary N) is 2. The first-order valence-electron chi connectivity index (χ1n) is 9.43. The Labute approximate surface area is 168 Å². The Bertz CT molecular complexity index is 758. The zero-order valence-electron chi connectivity index (χ0n) is 15.9. The number of hydrazone groups is 1. The molecule has 2 rings (SSSR count). The fourth-order valence-electron chi connectivity index (χ4n) is 3.16. The van der Waals surface area contributed by atoms with Crippen LogP contribution in [0.1, 0.15) is 68.6 Å². The van der Waals surface area contributed by atoms with Crippen molar-refractivity contribution in [1.82, 2.24) is 10.7 Å². The second-order valence-corrected chi connectivity index (χ2v) is 7.40. The van der Waals surface area contributed by atoms with Crippen LogP contribution >= 0.6 is 11.6 Å². The summed E-state index contributed by atoms with van der Waals surface area (Å²) in [6.07, 6.45) is 8.03. The zero-order chi connectivity index (χ0) is 20.5. The van der Waals surface area contributed by atoms with E-state index in [4.69, 9.17) is 11.6 Å². The lowest BCUT2D eigenvalue weighted by atomic mass is 9.96. The zero-order valence-corrected chi connectivity index (χ0v) is 16.6. The first-order chi connectivity index (χ1) is 13.4. The van der Waals surface area contributed by atoms with Crippen molar-refractivity contribution in [3.8, 4) is 0 Å². The summed E-state index contributed by atoms with van der Waals surface area (Å²) >= 11 is 5.92. The maximum Gasteiger partial charge on any atom is 0.272 e. The van der Waals surface area contributed by atoms with Crippen LogP contribution in [0.15, 0.2) is 23.3 Å². The number of rotatable bonds is 6. The molecule has 8 nitrogen and oxygen atoms in total. The van der Waals surface area contributed by atoms with E-state index in [2.05, 4.69) is 15.8 Å². The van der Waals surface area contributed by atoms with Gasteiger partial charge in [0.2, 0.25) is 5.91 Å². The van der Waals surface area contributed by atoms with E-state index in [1.165, 1.54) is 31.4 Å². The Hall–Kier alpha value is -2.48. The Balaban J connectivity index is 1.86. The number of nitrogens with zero attached hydrogens (tertiary/aromatic N) is 2. The summed E-state index contributed by atoms with van der Waals surface area (Å²) in [6, 6.07) is 3.77. The molecule has 0 saturated heterocycles. The summed E-state index contributed by atoms with van der Waals surface area (Å²) in [5.41, 5.74) is 2.65. The highest BCUT2D eigenvalue weighted by Crippen LogP contribution is 2.22. The van der Waals surface area contributed by atoms with Gasteiger partial charge in [0.05, 0.1) is 21.9 Å². The second-order valence-electron chi connectivity index (χ2n) is 7.00. The van der Waals surface area contributed by atoms with Crippen LogP contribution in [-0.2, 0) is 4.79 Å². The molecule has 28 heavy (non-hydrogen) atoms. The molecule has 0 aliphatic heterocycles. The number of hydrogen-bond acceptors (Lipinski definition) is 5. The van der Waals surface area contributed by atoms with Crippen LogP contribution in [0.25, 0.3) is 0 Å². The molecule has 2 amide bonds. The number of nitro benzene ring substituents is 1. The Morgan fingerprint density at radius 3 is 2.46 bits per heavy atom. The predicted molar refractivity (Wildman–Crippen MR) is 108 cm³/mol. The lowest BCUT2D eigenvalue weighted by Gasteiger charge is -2.21. The Morgan fingerprint density at radius 1 is 1.21 bits per heavy atom. The van der Waals surface area contributed by atoms with Gasteiger partial charge in [-0.25, -0.2) is 5.43 Å². The summed E-state index contributed by atoms with van der Waals surface area (Å²) in [5.74, 6) is -0.714. The van der Waals surface area contributed by atoms with Crippen molar-refractivity contribution in [3.63, 3.8) is 0 Å². The van der Waals surface area contributed by atoms with Gasteiger partial charge in [0.1, 0.15) is 0 Å². The van der Waals surface area contributed by atoms with Crippen molar-refractivity contribution in [2.45, 2.75) is 64.3 Å². The van der Waals surface area contributed by atoms with Gasteiger partial charge in [-0.05, 0) is 25.8 Å². The predicted octanol–water partition coefficient (Wildman–Crippen LogP) is 3.97. The minimum atomic E-state index is -0.598. The molecule has 0 heterocycles. The lowest BCUT2D eigenvalue weighted by Crippen LogP contribution is -2.36. The molecule has 0 spiro atoms. The molecule has 1 saturated carbocycles. The van der Waals surface area contributed by atoms with E-state index < -0.39 is 10.8 Å². The smallest absolute Gasteiger partial charge is 0.272 e. The minimum absolute atomic E-state index is 0.0402. The van der Waals surface area contributed by atoms with Crippen molar-refractivity contribution in [2.75, 3.05) is 0 Å². The highest BCUT2D eigenvalue weighted by molar-refractivity contribution is 6.34. The van der Waals surface area contributed by atoms with E-state index in [1.807, 2.05) is 0 Å². The van der Waals surface area contributed by atoms with E-state index in [0.717, 1.165) is 31.7 Å². The third-order valence-corrected chi connectivity index (χ3v) is 4.96. The number of amides is 2. The van der Waals surface area contributed by atoms with Gasteiger partial charge in [0.25, 0.3) is 11.6 Å². The van der Waals surface area contributed by atoms with Gasteiger partial charge in [-0.3, -0.25) is 19.7 Å². The van der Waals surface area contributed by atoms with Crippen molar-refractivity contribution >= 4 is 34.8 Å². The van der Waals surface area contributed by atoms with Gasteiger partial charge in [0, 0.05) is 23.9 Å². The molecule has 1 aromatic carbocycles. The van der Waals surface area contributed by atoms with E-state index >= 15 is 0 Å². The quantitative estimate of drug-likeness (QED) is 0.421. The van der Waals surface area contributed by atoms with E-state index in [0.29, 0.717) is 5.71 Å². The normalized spacial score (nSPS) is 16.0. The maximum atomic E-state index is 12.2. The molecule has 0 aromatic heterocycles. The number of non-ortho nitro benzene ring substituents is 1. The molecule has 0 atom stereocenters. The Morgan fingerprint density at radius 2 is 1.86 bits per heavy atom. The lowest BCUT2D eigenvalue weighted by molar-refractivity contribution is -0.384. The number of carbonyl (C=O) groups is 2. The van der Waals surface area contributed by atoms with Crippen molar-refractivity contribution in [2.24, 2.45) is 5.10 Å². The van der Waals surface area contributed by atoms with Crippen LogP contribution in [0.4, 0.5) is 5.69 Å². The molecule has 1 aliphatic rings. The van der Waals surface area contributed by atoms with E-state index in [9.17, 15) is 19.7 Å². The first-order valence-corrected chi connectivity index (χ1v) is 9.81. The molecule has 1 aromatic rings. The fourth-order valence-corrected chi connectivity index (χ4v) is 3.42. The van der Waals surface area contributed by atoms with E-state index in [-0.39, 0.29) is 34.6 Å². The van der Waals surface area contributed by atoms with Crippen LogP contribution in [-0.4, -0.2) is 28.5 Å². The number of hydrogen-bond donors (Lipinski definition) is 2. The van der Waals surface area contributed by atoms with Gasteiger partial charge >= 0.3 is 0 Å². The molecule has 9 heteroatoms. The molecule has 0 unspecified atom stereocenters. The molecular weight excluding hydrogens is 384 g/mol. The average molecular weight is 409 g/mol. The average Bonchev–Trinajstić information content (AvgIpc) is 2.61. The van der Waals surface area contributed by atoms with Crippen molar-refractivity contribution < 1.29 is 14.5 Å².